The number of hydrogen-bond donors (Lipinski definition) is 0. The van der Waals surface area contributed by atoms with Gasteiger partial charge in [-0.1, -0.05) is 0 Å². The van der Waals surface area contributed by atoms with Crippen molar-refractivity contribution >= 4 is 11.6 Å². The van der Waals surface area contributed by atoms with Crippen molar-refractivity contribution in [2.24, 2.45) is 5.92 Å². The number of rotatable bonds is 4. The molecule has 33 heavy (non-hydrogen) atoms. The van der Waals surface area contributed by atoms with Gasteiger partial charge in [0, 0.05) is 30.6 Å². The summed E-state index contributed by atoms with van der Waals surface area (Å²) in [5.74, 6) is -4.15. The number of methoxy groups -OCH3 is 1. The zero-order valence-corrected chi connectivity index (χ0v) is 17.9. The Kier molecular flexibility index (Phi) is 5.75. The van der Waals surface area contributed by atoms with Gasteiger partial charge >= 0.3 is 6.18 Å². The molecule has 0 saturated carbocycles. The second-order valence-corrected chi connectivity index (χ2v) is 8.10. The Bertz CT molecular complexity index is 1170. The number of alkyl halides is 5. The van der Waals surface area contributed by atoms with Gasteiger partial charge in [0.15, 0.2) is 17.0 Å². The van der Waals surface area contributed by atoms with Crippen LogP contribution in [0.1, 0.15) is 35.9 Å². The van der Waals surface area contributed by atoms with Gasteiger partial charge in [-0.2, -0.15) is 18.3 Å². The molecule has 0 N–H and O–H groups in total. The number of carbonyl (C=O) groups is 1. The minimum Gasteiger partial charge on any atom is -0.497 e. The number of halogens is 5. The van der Waals surface area contributed by atoms with Crippen molar-refractivity contribution in [3.63, 3.8) is 0 Å². The fourth-order valence-electron chi connectivity index (χ4n) is 3.93. The molecule has 3 heterocycles. The quantitative estimate of drug-likeness (QED) is 0.510. The van der Waals surface area contributed by atoms with E-state index in [4.69, 9.17) is 4.74 Å². The van der Waals surface area contributed by atoms with Crippen molar-refractivity contribution in [1.29, 1.82) is 0 Å². The van der Waals surface area contributed by atoms with Gasteiger partial charge in [-0.25, -0.2) is 18.3 Å². The predicted molar refractivity (Wildman–Crippen MR) is 109 cm³/mol. The maximum Gasteiger partial charge on any atom is 0.433 e. The van der Waals surface area contributed by atoms with Gasteiger partial charge in [-0.05, 0) is 50.1 Å². The normalized spacial score (nSPS) is 17.4. The first-order valence-electron chi connectivity index (χ1n) is 10.3. The van der Waals surface area contributed by atoms with Crippen LogP contribution in [0.25, 0.3) is 16.9 Å². The van der Waals surface area contributed by atoms with Crippen molar-refractivity contribution in [3.8, 4) is 17.0 Å². The number of benzene rings is 1. The SMILES string of the molecule is COc1ccc(-c2cc(C(F)(F)F)n3nc(C(=O)N4CCCC(C(C)(F)F)C4)cc3n2)cc1. The van der Waals surface area contributed by atoms with E-state index in [2.05, 4.69) is 10.1 Å². The van der Waals surface area contributed by atoms with E-state index in [9.17, 15) is 26.7 Å². The molecule has 1 amide bonds. The molecule has 1 unspecified atom stereocenters. The van der Waals surface area contributed by atoms with E-state index in [1.54, 1.807) is 24.3 Å². The van der Waals surface area contributed by atoms with Crippen molar-refractivity contribution in [2.75, 3.05) is 20.2 Å². The molecule has 0 bridgehead atoms. The lowest BCUT2D eigenvalue weighted by molar-refractivity contribution is -0.142. The maximum absolute atomic E-state index is 13.8. The smallest absolute Gasteiger partial charge is 0.433 e. The van der Waals surface area contributed by atoms with Crippen LogP contribution in [0, 0.1) is 5.92 Å². The summed E-state index contributed by atoms with van der Waals surface area (Å²) in [5.41, 5.74) is -1.09. The molecule has 0 spiro atoms. The number of aromatic nitrogens is 3. The Labute approximate surface area is 186 Å². The van der Waals surface area contributed by atoms with Crippen LogP contribution in [0.4, 0.5) is 22.0 Å². The largest absolute Gasteiger partial charge is 0.497 e. The molecular formula is C22H21F5N4O2. The van der Waals surface area contributed by atoms with E-state index in [1.165, 1.54) is 12.0 Å². The summed E-state index contributed by atoms with van der Waals surface area (Å²) >= 11 is 0. The number of hydrogen-bond acceptors (Lipinski definition) is 4. The number of fused-ring (bicyclic) bond motifs is 1. The molecule has 11 heteroatoms. The summed E-state index contributed by atoms with van der Waals surface area (Å²) in [4.78, 5) is 18.4. The topological polar surface area (TPSA) is 59.7 Å². The van der Waals surface area contributed by atoms with Crippen LogP contribution in [-0.4, -0.2) is 51.5 Å². The monoisotopic (exact) mass is 468 g/mol. The van der Waals surface area contributed by atoms with Crippen LogP contribution in [0.15, 0.2) is 36.4 Å². The first-order valence-corrected chi connectivity index (χ1v) is 10.3. The molecule has 6 nitrogen and oxygen atoms in total. The molecule has 176 valence electrons. The molecular weight excluding hydrogens is 447 g/mol. The van der Waals surface area contributed by atoms with E-state index in [0.717, 1.165) is 19.1 Å². The molecule has 0 radical (unpaired) electrons. The molecule has 1 saturated heterocycles. The Balaban J connectivity index is 1.73. The minimum atomic E-state index is -4.77. The van der Waals surface area contributed by atoms with Crippen LogP contribution in [-0.2, 0) is 6.18 Å². The van der Waals surface area contributed by atoms with Crippen molar-refractivity contribution < 1.29 is 31.5 Å². The molecule has 3 aromatic rings. The molecule has 1 aliphatic rings. The maximum atomic E-state index is 13.8. The van der Waals surface area contributed by atoms with Gasteiger partial charge in [-0.15, -0.1) is 0 Å². The van der Waals surface area contributed by atoms with E-state index in [0.29, 0.717) is 22.2 Å². The highest BCUT2D eigenvalue weighted by Crippen LogP contribution is 2.34. The van der Waals surface area contributed by atoms with Crippen molar-refractivity contribution in [3.05, 3.63) is 47.8 Å². The minimum absolute atomic E-state index is 0.0417. The Morgan fingerprint density at radius 3 is 2.42 bits per heavy atom. The van der Waals surface area contributed by atoms with Crippen LogP contribution in [0.3, 0.4) is 0 Å². The molecule has 1 fully saturated rings. The molecule has 0 aliphatic carbocycles. The first kappa shape index (κ1) is 22.9. The van der Waals surface area contributed by atoms with Crippen LogP contribution >= 0.6 is 0 Å². The standard InChI is InChI=1S/C22H21F5N4O2/c1-21(23,24)14-4-3-9-30(12-14)20(32)17-11-19-28-16(13-5-7-15(33-2)8-6-13)10-18(22(25,26)27)31(19)29-17/h5-8,10-11,14H,3-4,9,12H2,1-2H3. The van der Waals surface area contributed by atoms with Crippen molar-refractivity contribution in [1.82, 2.24) is 19.5 Å². The third-order valence-corrected chi connectivity index (χ3v) is 5.75. The molecule has 1 aliphatic heterocycles. The predicted octanol–water partition coefficient (Wildman–Crippen LogP) is 4.93. The highest BCUT2D eigenvalue weighted by Gasteiger charge is 2.39. The number of nitrogens with zero attached hydrogens (tertiary/aromatic N) is 4. The summed E-state index contributed by atoms with van der Waals surface area (Å²) in [6.45, 7) is 0.847. The van der Waals surface area contributed by atoms with Gasteiger partial charge in [0.2, 0.25) is 5.92 Å². The Morgan fingerprint density at radius 2 is 1.82 bits per heavy atom. The second-order valence-electron chi connectivity index (χ2n) is 8.10. The van der Waals surface area contributed by atoms with Gasteiger partial charge in [0.25, 0.3) is 5.91 Å². The molecule has 1 aromatic carbocycles. The van der Waals surface area contributed by atoms with E-state index in [1.807, 2.05) is 0 Å². The number of likely N-dealkylation sites (tertiary alicyclic amines) is 1. The highest BCUT2D eigenvalue weighted by molar-refractivity contribution is 5.93. The van der Waals surface area contributed by atoms with Crippen LogP contribution < -0.4 is 4.74 Å². The second kappa shape index (κ2) is 8.27. The van der Waals surface area contributed by atoms with Gasteiger partial charge in [0.05, 0.1) is 12.8 Å². The number of amides is 1. The van der Waals surface area contributed by atoms with Gasteiger partial charge < -0.3 is 9.64 Å². The van der Waals surface area contributed by atoms with E-state index in [-0.39, 0.29) is 36.5 Å². The molecule has 1 atom stereocenters. The third-order valence-electron chi connectivity index (χ3n) is 5.75. The third kappa shape index (κ3) is 4.62. The average molecular weight is 468 g/mol. The summed E-state index contributed by atoms with van der Waals surface area (Å²) in [6.07, 6.45) is -4.13. The summed E-state index contributed by atoms with van der Waals surface area (Å²) < 4.78 is 74.5. The van der Waals surface area contributed by atoms with Crippen molar-refractivity contribution in [2.45, 2.75) is 31.9 Å². The Morgan fingerprint density at radius 1 is 1.12 bits per heavy atom. The lowest BCUT2D eigenvalue weighted by Gasteiger charge is -2.35. The summed E-state index contributed by atoms with van der Waals surface area (Å²) in [5, 5.41) is 3.84. The first-order chi connectivity index (χ1) is 15.5. The summed E-state index contributed by atoms with van der Waals surface area (Å²) in [6, 6.07) is 8.33. The van der Waals surface area contributed by atoms with Gasteiger partial charge in [-0.3, -0.25) is 4.79 Å². The molecule has 2 aromatic heterocycles. The lowest BCUT2D eigenvalue weighted by Crippen LogP contribution is -2.45. The fraction of sp³-hybridized carbons (Fsp3) is 0.409. The van der Waals surface area contributed by atoms with Gasteiger partial charge in [0.1, 0.15) is 5.75 Å². The van der Waals surface area contributed by atoms with E-state index < -0.39 is 29.6 Å². The zero-order chi connectivity index (χ0) is 24.0. The highest BCUT2D eigenvalue weighted by atomic mass is 19.4. The van der Waals surface area contributed by atoms with Crippen LogP contribution in [0.2, 0.25) is 0 Å². The number of carbonyl (C=O) groups excluding carboxylic acids is 1. The number of piperidine rings is 1. The average Bonchev–Trinajstić information content (AvgIpc) is 3.21. The lowest BCUT2D eigenvalue weighted by atomic mass is 9.92. The van der Waals surface area contributed by atoms with Crippen LogP contribution in [0.5, 0.6) is 5.75 Å². The zero-order valence-electron chi connectivity index (χ0n) is 17.9. The molecule has 4 rings (SSSR count). The Hall–Kier alpha value is -3.24. The van der Waals surface area contributed by atoms with E-state index >= 15 is 0 Å². The number of ether oxygens (including phenoxy) is 1. The fourth-order valence-corrected chi connectivity index (χ4v) is 3.93. The summed E-state index contributed by atoms with van der Waals surface area (Å²) in [7, 11) is 1.47.